The number of aliphatic hydroxyl groups is 3. The number of carbonyl (C=O) groups is 5. The van der Waals surface area contributed by atoms with Gasteiger partial charge in [0.15, 0.2) is 12.6 Å². The van der Waals surface area contributed by atoms with Crippen LogP contribution in [0.5, 0.6) is 0 Å². The maximum atomic E-state index is 13.6. The van der Waals surface area contributed by atoms with E-state index in [1.165, 1.54) is 6.92 Å². The average Bonchev–Trinajstić information content (AvgIpc) is 3.11. The van der Waals surface area contributed by atoms with E-state index in [4.69, 9.17) is 29.4 Å². The Morgan fingerprint density at radius 1 is 0.741 bits per heavy atom. The van der Waals surface area contributed by atoms with Crippen LogP contribution in [0.15, 0.2) is 24.3 Å². The van der Waals surface area contributed by atoms with Gasteiger partial charge in [0, 0.05) is 32.6 Å². The number of aliphatic hydroxyl groups excluding tert-OH is 2. The molecule has 0 aliphatic carbocycles. The molecule has 1 aromatic carbocycles. The Morgan fingerprint density at radius 2 is 1.33 bits per heavy atom. The van der Waals surface area contributed by atoms with Gasteiger partial charge < -0.3 is 60.3 Å². The molecule has 0 saturated carbocycles. The number of carbonyl (C=O) groups excluding carboxylic acids is 5. The summed E-state index contributed by atoms with van der Waals surface area (Å²) in [7, 11) is 1.58. The van der Waals surface area contributed by atoms with E-state index in [0.29, 0.717) is 44.1 Å². The van der Waals surface area contributed by atoms with Crippen molar-refractivity contribution in [3.8, 4) is 0 Å². The average molecular weight is 773 g/mol. The van der Waals surface area contributed by atoms with Crippen LogP contribution in [0.25, 0.3) is 0 Å². The number of esters is 1. The fourth-order valence-corrected chi connectivity index (χ4v) is 4.67. The van der Waals surface area contributed by atoms with Crippen LogP contribution in [-0.4, -0.2) is 136 Å². The van der Waals surface area contributed by atoms with Gasteiger partial charge in [0.1, 0.15) is 24.7 Å². The molecule has 54 heavy (non-hydrogen) atoms. The van der Waals surface area contributed by atoms with E-state index in [-0.39, 0.29) is 58.7 Å². The molecule has 19 heteroatoms. The van der Waals surface area contributed by atoms with Gasteiger partial charge in [-0.1, -0.05) is 26.0 Å². The van der Waals surface area contributed by atoms with E-state index >= 15 is 0 Å². The van der Waals surface area contributed by atoms with E-state index in [1.54, 1.807) is 45.2 Å². The third-order valence-corrected chi connectivity index (χ3v) is 7.58. The van der Waals surface area contributed by atoms with Crippen molar-refractivity contribution in [1.82, 2.24) is 21.3 Å². The fourth-order valence-electron chi connectivity index (χ4n) is 4.67. The Balaban J connectivity index is 2.86. The third kappa shape index (κ3) is 23.1. The summed E-state index contributed by atoms with van der Waals surface area (Å²) in [6.45, 7) is 7.24. The van der Waals surface area contributed by atoms with Crippen LogP contribution in [0.2, 0.25) is 0 Å². The molecule has 0 fully saturated rings. The second kappa shape index (κ2) is 28.6. The van der Waals surface area contributed by atoms with Crippen molar-refractivity contribution in [1.29, 1.82) is 0 Å². The number of nitrogens with two attached hydrogens (primary N) is 1. The number of anilines is 1. The van der Waals surface area contributed by atoms with Crippen molar-refractivity contribution in [3.05, 3.63) is 29.8 Å². The van der Waals surface area contributed by atoms with Crippen molar-refractivity contribution < 1.29 is 63.0 Å². The molecule has 0 radical (unpaired) electrons. The van der Waals surface area contributed by atoms with Crippen LogP contribution >= 0.6 is 0 Å². The number of benzene rings is 1. The highest BCUT2D eigenvalue weighted by molar-refractivity contribution is 5.99. The Bertz CT molecular complexity index is 1240. The smallest absolute Gasteiger partial charge is 0.302 e. The molecule has 4 atom stereocenters. The number of methoxy groups -OCH3 is 1. The molecule has 308 valence electrons. The van der Waals surface area contributed by atoms with Gasteiger partial charge in [0.25, 0.3) is 0 Å². The van der Waals surface area contributed by atoms with Crippen LogP contribution in [-0.2, 0) is 54.3 Å². The maximum Gasteiger partial charge on any atom is 0.302 e. The lowest BCUT2D eigenvalue weighted by atomic mass is 10.0. The van der Waals surface area contributed by atoms with Gasteiger partial charge in [-0.25, -0.2) is 0 Å². The molecule has 0 aromatic heterocycles. The van der Waals surface area contributed by atoms with Gasteiger partial charge in [-0.3, -0.25) is 35.0 Å². The summed E-state index contributed by atoms with van der Waals surface area (Å²) >= 11 is 0. The SMILES string of the molecule is COCCOCCOCCOCCC(=O)N[C@@H](CCC(O)O)C(=O)N[C@H](C(=O)N[C@@H](CCCNC(N)O)C(=O)Nc1ccc(COC(C)=O)cc1)C(C)C. The summed E-state index contributed by atoms with van der Waals surface area (Å²) < 4.78 is 26.0. The summed E-state index contributed by atoms with van der Waals surface area (Å²) in [5.41, 5.74) is 6.45. The first-order valence-corrected chi connectivity index (χ1v) is 17.9. The Kier molecular flexibility index (Phi) is 25.6. The van der Waals surface area contributed by atoms with Crippen molar-refractivity contribution in [2.75, 3.05) is 65.2 Å². The largest absolute Gasteiger partial charge is 0.461 e. The zero-order valence-electron chi connectivity index (χ0n) is 31.7. The van der Waals surface area contributed by atoms with Crippen molar-refractivity contribution in [2.24, 2.45) is 11.7 Å². The predicted octanol–water partition coefficient (Wildman–Crippen LogP) is -1.42. The first kappa shape index (κ1) is 48.2. The number of hydrogen-bond acceptors (Lipinski definition) is 15. The molecule has 1 unspecified atom stereocenters. The minimum absolute atomic E-state index is 0.0369. The van der Waals surface area contributed by atoms with E-state index in [9.17, 15) is 39.3 Å². The molecule has 19 nitrogen and oxygen atoms in total. The molecule has 0 saturated heterocycles. The number of rotatable bonds is 30. The molecule has 0 heterocycles. The van der Waals surface area contributed by atoms with Gasteiger partial charge >= 0.3 is 5.97 Å². The van der Waals surface area contributed by atoms with Gasteiger partial charge in [0.05, 0.1) is 46.2 Å². The summed E-state index contributed by atoms with van der Waals surface area (Å²) in [6.07, 6.45) is -3.04. The zero-order valence-corrected chi connectivity index (χ0v) is 31.7. The van der Waals surface area contributed by atoms with Gasteiger partial charge in [-0.05, 0) is 49.4 Å². The predicted molar refractivity (Wildman–Crippen MR) is 195 cm³/mol. The Morgan fingerprint density at radius 3 is 1.89 bits per heavy atom. The molecule has 0 aliphatic rings. The normalized spacial score (nSPS) is 13.5. The van der Waals surface area contributed by atoms with Crippen LogP contribution in [0.3, 0.4) is 0 Å². The molecule has 0 bridgehead atoms. The minimum atomic E-state index is -1.74. The van der Waals surface area contributed by atoms with E-state index in [0.717, 1.165) is 0 Å². The molecule has 0 spiro atoms. The molecule has 1 rings (SSSR count). The lowest BCUT2D eigenvalue weighted by Gasteiger charge is -2.27. The summed E-state index contributed by atoms with van der Waals surface area (Å²) in [6, 6.07) is 3.12. The number of hydrogen-bond donors (Lipinski definition) is 9. The molecule has 0 aliphatic heterocycles. The van der Waals surface area contributed by atoms with Crippen LogP contribution in [0.1, 0.15) is 58.4 Å². The van der Waals surface area contributed by atoms with Gasteiger partial charge in [0.2, 0.25) is 23.6 Å². The highest BCUT2D eigenvalue weighted by Gasteiger charge is 2.31. The molecular formula is C35H60N6O13. The van der Waals surface area contributed by atoms with E-state index in [1.807, 2.05) is 0 Å². The molecule has 4 amide bonds. The summed E-state index contributed by atoms with van der Waals surface area (Å²) in [4.78, 5) is 64.2. The van der Waals surface area contributed by atoms with Crippen molar-refractivity contribution in [3.63, 3.8) is 0 Å². The fraction of sp³-hybridized carbons (Fsp3) is 0.686. The van der Waals surface area contributed by atoms with Crippen LogP contribution < -0.4 is 32.3 Å². The molecular weight excluding hydrogens is 712 g/mol. The van der Waals surface area contributed by atoms with Crippen molar-refractivity contribution in [2.45, 2.75) is 90.2 Å². The van der Waals surface area contributed by atoms with Gasteiger partial charge in [-0.2, -0.15) is 0 Å². The van der Waals surface area contributed by atoms with Crippen molar-refractivity contribution >= 4 is 35.3 Å². The van der Waals surface area contributed by atoms with E-state index in [2.05, 4.69) is 26.6 Å². The second-order valence-electron chi connectivity index (χ2n) is 12.6. The Labute approximate surface area is 316 Å². The lowest BCUT2D eigenvalue weighted by molar-refractivity contribution is -0.142. The summed E-state index contributed by atoms with van der Waals surface area (Å²) in [5.74, 6) is -3.40. The first-order valence-electron chi connectivity index (χ1n) is 17.9. The monoisotopic (exact) mass is 772 g/mol. The Hall–Kier alpha value is -3.79. The minimum Gasteiger partial charge on any atom is -0.461 e. The van der Waals surface area contributed by atoms with E-state index < -0.39 is 66.3 Å². The highest BCUT2D eigenvalue weighted by atomic mass is 16.6. The molecule has 10 N–H and O–H groups in total. The first-order chi connectivity index (χ1) is 25.7. The topological polar surface area (TPSA) is 278 Å². The van der Waals surface area contributed by atoms with Crippen LogP contribution in [0.4, 0.5) is 5.69 Å². The quantitative estimate of drug-likeness (QED) is 0.0247. The lowest BCUT2D eigenvalue weighted by Crippen LogP contribution is -2.58. The number of amides is 4. The second-order valence-corrected chi connectivity index (χ2v) is 12.6. The summed E-state index contributed by atoms with van der Waals surface area (Å²) in [5, 5.41) is 41.5. The number of nitrogens with one attached hydrogen (secondary N) is 5. The highest BCUT2D eigenvalue weighted by Crippen LogP contribution is 2.13. The number of ether oxygens (including phenoxy) is 5. The van der Waals surface area contributed by atoms with Crippen LogP contribution in [0, 0.1) is 5.92 Å². The maximum absolute atomic E-state index is 13.6. The standard InChI is InChI=1S/C35H60N6O13/c1-23(2)31(41-33(47)28(11-12-30(44)45)39-29(43)13-15-51-18-19-53-21-20-52-17-16-50-4)34(48)40-27(6-5-14-37-35(36)49)32(46)38-26-9-7-25(8-10-26)22-54-24(3)42/h7-10,23,27-28,30-31,35,37,44-45,49H,5-6,11-22,36H2,1-4H3,(H,38,46)(H,39,43)(H,40,48)(H,41,47)/t27-,28-,31-,35?/m0/s1. The zero-order chi connectivity index (χ0) is 40.3. The van der Waals surface area contributed by atoms with Gasteiger partial charge in [-0.15, -0.1) is 0 Å². The third-order valence-electron chi connectivity index (χ3n) is 7.58. The molecule has 1 aromatic rings.